The topological polar surface area (TPSA) is 59.7 Å². The maximum absolute atomic E-state index is 12.6. The van der Waals surface area contributed by atoms with Gasteiger partial charge in [0.2, 0.25) is 5.91 Å². The van der Waals surface area contributed by atoms with Crippen molar-refractivity contribution in [3.63, 3.8) is 0 Å². The van der Waals surface area contributed by atoms with Gasteiger partial charge in [-0.2, -0.15) is 5.10 Å². The normalized spacial score (nSPS) is 22.0. The van der Waals surface area contributed by atoms with Gasteiger partial charge >= 0.3 is 0 Å². The maximum Gasteiger partial charge on any atom is 0.244 e. The van der Waals surface area contributed by atoms with Crippen LogP contribution < -0.4 is 0 Å². The summed E-state index contributed by atoms with van der Waals surface area (Å²) in [5.41, 5.74) is 4.26. The van der Waals surface area contributed by atoms with Crippen LogP contribution >= 0.6 is 0 Å². The Labute approximate surface area is 159 Å². The van der Waals surface area contributed by atoms with E-state index in [1.165, 1.54) is 5.56 Å². The highest BCUT2D eigenvalue weighted by atomic mass is 16.6. The largest absolute Gasteiger partial charge is 0.387 e. The Balaban J connectivity index is 1.27. The van der Waals surface area contributed by atoms with Gasteiger partial charge in [0.05, 0.1) is 11.4 Å². The Morgan fingerprint density at radius 2 is 2.07 bits per heavy atom. The number of nitrogens with zero attached hydrogens (tertiary/aromatic N) is 4. The van der Waals surface area contributed by atoms with Crippen LogP contribution in [-0.4, -0.2) is 39.4 Å². The molecule has 1 saturated heterocycles. The van der Waals surface area contributed by atoms with E-state index in [1.807, 2.05) is 43.0 Å². The fraction of sp³-hybridized carbons (Fsp3) is 0.476. The number of carbonyl (C=O) groups excluding carboxylic acids is 1. The lowest BCUT2D eigenvalue weighted by Crippen LogP contribution is -2.32. The summed E-state index contributed by atoms with van der Waals surface area (Å²) in [7, 11) is 0. The molecule has 3 heterocycles. The molecular formula is C21H26N4O2. The number of oxime groups is 1. The summed E-state index contributed by atoms with van der Waals surface area (Å²) < 4.78 is 1.80. The first-order valence-corrected chi connectivity index (χ1v) is 9.64. The third-order valence-electron chi connectivity index (χ3n) is 5.45. The number of aryl methyl sites for hydroxylation is 2. The second kappa shape index (κ2) is 7.55. The standard InChI is InChI=1S/C21H26N4O2/c1-15-10-16(2)25(22-15)14-21(26)24-9-8-17(13-24)11-19-12-20(27-23-19)18-6-4-3-5-7-18/h3-7,10,17,20H,8-9,11-14H2,1-2H3. The lowest BCUT2D eigenvalue weighted by molar-refractivity contribution is -0.131. The molecule has 2 unspecified atom stereocenters. The second-order valence-corrected chi connectivity index (χ2v) is 7.65. The zero-order chi connectivity index (χ0) is 18.8. The van der Waals surface area contributed by atoms with Crippen LogP contribution in [0.2, 0.25) is 0 Å². The Morgan fingerprint density at radius 3 is 2.81 bits per heavy atom. The highest BCUT2D eigenvalue weighted by Gasteiger charge is 2.30. The summed E-state index contributed by atoms with van der Waals surface area (Å²) in [4.78, 5) is 20.2. The van der Waals surface area contributed by atoms with E-state index in [2.05, 4.69) is 22.4 Å². The summed E-state index contributed by atoms with van der Waals surface area (Å²) >= 11 is 0. The van der Waals surface area contributed by atoms with Crippen LogP contribution in [0, 0.1) is 19.8 Å². The highest BCUT2D eigenvalue weighted by molar-refractivity contribution is 5.86. The van der Waals surface area contributed by atoms with Gasteiger partial charge in [-0.05, 0) is 44.2 Å². The average Bonchev–Trinajstić information content (AvgIpc) is 3.38. The van der Waals surface area contributed by atoms with Crippen molar-refractivity contribution >= 4 is 11.6 Å². The smallest absolute Gasteiger partial charge is 0.244 e. The molecule has 2 aliphatic heterocycles. The molecule has 0 aliphatic carbocycles. The van der Waals surface area contributed by atoms with E-state index < -0.39 is 0 Å². The third-order valence-corrected chi connectivity index (χ3v) is 5.45. The zero-order valence-electron chi connectivity index (χ0n) is 16.0. The summed E-state index contributed by atoms with van der Waals surface area (Å²) in [6, 6.07) is 12.2. The van der Waals surface area contributed by atoms with Crippen LogP contribution in [0.3, 0.4) is 0 Å². The monoisotopic (exact) mass is 366 g/mol. The SMILES string of the molecule is Cc1cc(C)n(CC(=O)N2CCC(CC3=NOC(c4ccccc4)C3)C2)n1. The van der Waals surface area contributed by atoms with Crippen molar-refractivity contribution in [1.29, 1.82) is 0 Å². The predicted octanol–water partition coefficient (Wildman–Crippen LogP) is 3.26. The van der Waals surface area contributed by atoms with Gasteiger partial charge in [-0.1, -0.05) is 35.5 Å². The number of carbonyl (C=O) groups is 1. The molecule has 4 rings (SSSR count). The quantitative estimate of drug-likeness (QED) is 0.816. The average molecular weight is 366 g/mol. The summed E-state index contributed by atoms with van der Waals surface area (Å²) in [5, 5.41) is 8.70. The van der Waals surface area contributed by atoms with Crippen molar-refractivity contribution < 1.29 is 9.63 Å². The van der Waals surface area contributed by atoms with E-state index in [1.54, 1.807) is 4.68 Å². The van der Waals surface area contributed by atoms with Crippen LogP contribution in [0.1, 0.15) is 42.3 Å². The Hall–Kier alpha value is -2.63. The molecule has 1 aromatic carbocycles. The van der Waals surface area contributed by atoms with Crippen molar-refractivity contribution in [3.8, 4) is 0 Å². The van der Waals surface area contributed by atoms with Gasteiger partial charge in [-0.25, -0.2) is 0 Å². The Morgan fingerprint density at radius 1 is 1.26 bits per heavy atom. The van der Waals surface area contributed by atoms with Crippen molar-refractivity contribution in [2.75, 3.05) is 13.1 Å². The van der Waals surface area contributed by atoms with E-state index in [0.29, 0.717) is 12.5 Å². The predicted molar refractivity (Wildman–Crippen MR) is 103 cm³/mol. The van der Waals surface area contributed by atoms with Crippen LogP contribution in [-0.2, 0) is 16.2 Å². The van der Waals surface area contributed by atoms with Gasteiger partial charge in [0, 0.05) is 25.2 Å². The summed E-state index contributed by atoms with van der Waals surface area (Å²) in [5.74, 6) is 0.613. The Kier molecular flexibility index (Phi) is 4.97. The van der Waals surface area contributed by atoms with Crippen LogP contribution in [0.15, 0.2) is 41.6 Å². The number of benzene rings is 1. The summed E-state index contributed by atoms with van der Waals surface area (Å²) in [6.45, 7) is 5.88. The molecule has 6 heteroatoms. The third kappa shape index (κ3) is 4.04. The lowest BCUT2D eigenvalue weighted by Gasteiger charge is -2.17. The minimum atomic E-state index is 0.0337. The van der Waals surface area contributed by atoms with Gasteiger partial charge in [0.25, 0.3) is 0 Å². The van der Waals surface area contributed by atoms with E-state index >= 15 is 0 Å². The van der Waals surface area contributed by atoms with Crippen molar-refractivity contribution in [2.45, 2.75) is 45.8 Å². The first-order valence-electron chi connectivity index (χ1n) is 9.64. The molecule has 1 amide bonds. The molecule has 1 aromatic heterocycles. The first kappa shape index (κ1) is 17.8. The lowest BCUT2D eigenvalue weighted by atomic mass is 9.96. The Bertz CT molecular complexity index is 843. The molecular weight excluding hydrogens is 340 g/mol. The molecule has 0 saturated carbocycles. The number of amides is 1. The minimum Gasteiger partial charge on any atom is -0.387 e. The maximum atomic E-state index is 12.6. The van der Waals surface area contributed by atoms with E-state index in [9.17, 15) is 4.79 Å². The molecule has 0 bridgehead atoms. The second-order valence-electron chi connectivity index (χ2n) is 7.65. The van der Waals surface area contributed by atoms with Crippen molar-refractivity contribution in [1.82, 2.24) is 14.7 Å². The van der Waals surface area contributed by atoms with E-state index in [-0.39, 0.29) is 12.0 Å². The van der Waals surface area contributed by atoms with Crippen LogP contribution in [0.25, 0.3) is 0 Å². The molecule has 2 aromatic rings. The van der Waals surface area contributed by atoms with Crippen molar-refractivity contribution in [2.24, 2.45) is 11.1 Å². The van der Waals surface area contributed by atoms with Crippen LogP contribution in [0.4, 0.5) is 0 Å². The molecule has 0 N–H and O–H groups in total. The number of hydrogen-bond acceptors (Lipinski definition) is 4. The molecule has 0 radical (unpaired) electrons. The zero-order valence-corrected chi connectivity index (χ0v) is 16.0. The van der Waals surface area contributed by atoms with Gasteiger partial charge in [0.15, 0.2) is 6.10 Å². The number of hydrogen-bond donors (Lipinski definition) is 0. The molecule has 142 valence electrons. The van der Waals surface area contributed by atoms with E-state index in [4.69, 9.17) is 4.84 Å². The fourth-order valence-corrected chi connectivity index (χ4v) is 4.02. The molecule has 2 atom stereocenters. The number of rotatable bonds is 5. The molecule has 27 heavy (non-hydrogen) atoms. The summed E-state index contributed by atoms with van der Waals surface area (Å²) in [6.07, 6.45) is 2.82. The molecule has 2 aliphatic rings. The van der Waals surface area contributed by atoms with Crippen LogP contribution in [0.5, 0.6) is 0 Å². The molecule has 6 nitrogen and oxygen atoms in total. The van der Waals surface area contributed by atoms with Gasteiger partial charge < -0.3 is 9.74 Å². The number of aromatic nitrogens is 2. The van der Waals surface area contributed by atoms with Gasteiger partial charge in [-0.3, -0.25) is 9.48 Å². The molecule has 0 spiro atoms. The molecule has 1 fully saturated rings. The van der Waals surface area contributed by atoms with Gasteiger partial charge in [0.1, 0.15) is 6.54 Å². The fourth-order valence-electron chi connectivity index (χ4n) is 4.02. The van der Waals surface area contributed by atoms with Gasteiger partial charge in [-0.15, -0.1) is 0 Å². The highest BCUT2D eigenvalue weighted by Crippen LogP contribution is 2.31. The minimum absolute atomic E-state index is 0.0337. The van der Waals surface area contributed by atoms with Crippen molar-refractivity contribution in [3.05, 3.63) is 53.3 Å². The number of likely N-dealkylation sites (tertiary alicyclic amines) is 1. The first-order chi connectivity index (χ1) is 13.1. The van der Waals surface area contributed by atoms with E-state index in [0.717, 1.165) is 49.5 Å².